The Kier molecular flexibility index (Phi) is 12.0. The fraction of sp³-hybridized carbons (Fsp3) is 0.774. The van der Waals surface area contributed by atoms with Gasteiger partial charge >= 0.3 is 5.97 Å². The maximum atomic E-state index is 11.5. The number of hydrogen-bond donors (Lipinski definition) is 1. The zero-order valence-corrected chi connectivity index (χ0v) is 25.3. The Bertz CT molecular complexity index is 1010. The first kappa shape index (κ1) is 30.7. The standard InChI is InChI=1S/C31H53N7O2/c1-4-40-30(39)8-5-6-17-38-23-15-34-29(38)24-32-13-9-28-33-14-22-37(28)18-7-16-36-21-12-31(26-36)10-19-35(20-11-31)25-27(2)3/h14-15,22-23,27,32H,4-13,16-21,24-26H2,1-3H3. The molecule has 2 aromatic heterocycles. The molecule has 4 rings (SSSR count). The van der Waals surface area contributed by atoms with Gasteiger partial charge in [0.2, 0.25) is 0 Å². The maximum absolute atomic E-state index is 11.5. The highest BCUT2D eigenvalue weighted by molar-refractivity contribution is 5.69. The highest BCUT2D eigenvalue weighted by Gasteiger charge is 2.40. The van der Waals surface area contributed by atoms with Crippen molar-refractivity contribution < 1.29 is 9.53 Å². The Labute approximate surface area is 241 Å². The Morgan fingerprint density at radius 1 is 0.950 bits per heavy atom. The molecule has 9 nitrogen and oxygen atoms in total. The van der Waals surface area contributed by atoms with Crippen LogP contribution in [0.5, 0.6) is 0 Å². The number of piperidine rings is 1. The van der Waals surface area contributed by atoms with Crippen LogP contribution in [0.3, 0.4) is 0 Å². The summed E-state index contributed by atoms with van der Waals surface area (Å²) in [7, 11) is 0. The number of aryl methyl sites for hydroxylation is 2. The van der Waals surface area contributed by atoms with Crippen LogP contribution in [0.2, 0.25) is 0 Å². The quantitative estimate of drug-likeness (QED) is 0.234. The number of aromatic nitrogens is 4. The van der Waals surface area contributed by atoms with Crippen molar-refractivity contribution in [2.75, 3.05) is 52.4 Å². The third kappa shape index (κ3) is 9.42. The number of rotatable bonds is 17. The highest BCUT2D eigenvalue weighted by atomic mass is 16.5. The van der Waals surface area contributed by atoms with Crippen LogP contribution in [0.4, 0.5) is 0 Å². The SMILES string of the molecule is CCOC(=O)CCCCn1ccnc1CNCCc1nccn1CCCN1CCC2(CCN(CC(C)C)CC2)C1. The number of likely N-dealkylation sites (tertiary alicyclic amines) is 2. The van der Waals surface area contributed by atoms with E-state index in [1.165, 1.54) is 65.0 Å². The van der Waals surface area contributed by atoms with Gasteiger partial charge in [0.25, 0.3) is 0 Å². The molecule has 224 valence electrons. The van der Waals surface area contributed by atoms with Gasteiger partial charge < -0.3 is 29.0 Å². The van der Waals surface area contributed by atoms with Crippen molar-refractivity contribution in [3.63, 3.8) is 0 Å². The van der Waals surface area contributed by atoms with Crippen LogP contribution < -0.4 is 5.32 Å². The summed E-state index contributed by atoms with van der Waals surface area (Å²) in [6.45, 7) is 18.1. The summed E-state index contributed by atoms with van der Waals surface area (Å²) in [4.78, 5) is 26.1. The molecule has 0 aliphatic carbocycles. The molecule has 0 saturated carbocycles. The largest absolute Gasteiger partial charge is 0.466 e. The predicted molar refractivity (Wildman–Crippen MR) is 159 cm³/mol. The fourth-order valence-corrected chi connectivity index (χ4v) is 6.49. The van der Waals surface area contributed by atoms with E-state index in [-0.39, 0.29) is 5.97 Å². The second-order valence-electron chi connectivity index (χ2n) is 12.3. The minimum atomic E-state index is -0.106. The van der Waals surface area contributed by atoms with Crippen LogP contribution in [-0.2, 0) is 35.6 Å². The number of nitrogens with zero attached hydrogens (tertiary/aromatic N) is 6. The Balaban J connectivity index is 1.10. The summed E-state index contributed by atoms with van der Waals surface area (Å²) in [5.74, 6) is 2.86. The lowest BCUT2D eigenvalue weighted by Gasteiger charge is -2.40. The van der Waals surface area contributed by atoms with Gasteiger partial charge in [0.1, 0.15) is 11.6 Å². The van der Waals surface area contributed by atoms with Gasteiger partial charge in [-0.15, -0.1) is 0 Å². The molecule has 9 heteroatoms. The number of esters is 1. The van der Waals surface area contributed by atoms with Crippen LogP contribution in [0.25, 0.3) is 0 Å². The molecule has 0 bridgehead atoms. The van der Waals surface area contributed by atoms with Crippen LogP contribution >= 0.6 is 0 Å². The second kappa shape index (κ2) is 15.7. The molecule has 2 aliphatic heterocycles. The first-order valence-corrected chi connectivity index (χ1v) is 15.8. The molecule has 0 amide bonds. The van der Waals surface area contributed by atoms with Gasteiger partial charge in [-0.3, -0.25) is 4.79 Å². The van der Waals surface area contributed by atoms with E-state index in [0.717, 1.165) is 63.0 Å². The molecule has 4 heterocycles. The topological polar surface area (TPSA) is 80.4 Å². The number of hydrogen-bond acceptors (Lipinski definition) is 7. The number of nitrogens with one attached hydrogen (secondary N) is 1. The van der Waals surface area contributed by atoms with Gasteiger partial charge in [0, 0.05) is 70.4 Å². The van der Waals surface area contributed by atoms with E-state index in [1.54, 1.807) is 0 Å². The number of unbranched alkanes of at least 4 members (excludes halogenated alkanes) is 1. The molecule has 0 aromatic carbocycles. The molecule has 2 fully saturated rings. The first-order chi connectivity index (χ1) is 19.5. The van der Waals surface area contributed by atoms with Crippen molar-refractivity contribution in [3.8, 4) is 0 Å². The zero-order chi connectivity index (χ0) is 28.2. The van der Waals surface area contributed by atoms with E-state index in [1.807, 2.05) is 25.5 Å². The van der Waals surface area contributed by atoms with Crippen LogP contribution in [-0.4, -0.2) is 87.3 Å². The highest BCUT2D eigenvalue weighted by Crippen LogP contribution is 2.40. The number of carbonyl (C=O) groups excluding carboxylic acids is 1. The van der Waals surface area contributed by atoms with Gasteiger partial charge in [-0.1, -0.05) is 13.8 Å². The molecular weight excluding hydrogens is 502 g/mol. The Hall–Kier alpha value is -2.23. The molecule has 2 saturated heterocycles. The maximum Gasteiger partial charge on any atom is 0.305 e. The Morgan fingerprint density at radius 3 is 2.35 bits per heavy atom. The normalized spacial score (nSPS) is 17.8. The van der Waals surface area contributed by atoms with E-state index in [9.17, 15) is 4.79 Å². The second-order valence-corrected chi connectivity index (χ2v) is 12.3. The molecule has 1 spiro atoms. The van der Waals surface area contributed by atoms with Crippen molar-refractivity contribution in [2.45, 2.75) is 91.8 Å². The molecule has 40 heavy (non-hydrogen) atoms. The molecule has 2 aliphatic rings. The molecule has 1 N–H and O–H groups in total. The van der Waals surface area contributed by atoms with Crippen molar-refractivity contribution in [1.29, 1.82) is 0 Å². The molecule has 0 radical (unpaired) electrons. The van der Waals surface area contributed by atoms with E-state index in [4.69, 9.17) is 4.74 Å². The van der Waals surface area contributed by atoms with Crippen LogP contribution in [0, 0.1) is 11.3 Å². The van der Waals surface area contributed by atoms with Crippen molar-refractivity contribution in [1.82, 2.24) is 34.2 Å². The monoisotopic (exact) mass is 555 g/mol. The lowest BCUT2D eigenvalue weighted by molar-refractivity contribution is -0.143. The zero-order valence-electron chi connectivity index (χ0n) is 25.3. The van der Waals surface area contributed by atoms with Crippen molar-refractivity contribution >= 4 is 5.97 Å². The van der Waals surface area contributed by atoms with E-state index in [2.05, 4.69) is 54.3 Å². The number of ether oxygens (including phenoxy) is 1. The van der Waals surface area contributed by atoms with Gasteiger partial charge in [0.05, 0.1) is 13.2 Å². The van der Waals surface area contributed by atoms with E-state index < -0.39 is 0 Å². The molecule has 0 unspecified atom stereocenters. The molecular formula is C31H53N7O2. The number of imidazole rings is 2. The molecule has 2 aromatic rings. The third-order valence-corrected chi connectivity index (χ3v) is 8.68. The van der Waals surface area contributed by atoms with Gasteiger partial charge in [-0.05, 0) is 83.0 Å². The summed E-state index contributed by atoms with van der Waals surface area (Å²) < 4.78 is 9.52. The fourth-order valence-electron chi connectivity index (χ4n) is 6.49. The third-order valence-electron chi connectivity index (χ3n) is 8.68. The lowest BCUT2D eigenvalue weighted by atomic mass is 9.77. The van der Waals surface area contributed by atoms with Gasteiger partial charge in [-0.2, -0.15) is 0 Å². The smallest absolute Gasteiger partial charge is 0.305 e. The van der Waals surface area contributed by atoms with Crippen LogP contribution in [0.1, 0.15) is 77.4 Å². The van der Waals surface area contributed by atoms with Crippen molar-refractivity contribution in [2.24, 2.45) is 11.3 Å². The minimum Gasteiger partial charge on any atom is -0.466 e. The lowest BCUT2D eigenvalue weighted by Crippen LogP contribution is -2.42. The minimum absolute atomic E-state index is 0.106. The molecule has 0 atom stereocenters. The summed E-state index contributed by atoms with van der Waals surface area (Å²) in [6, 6.07) is 0. The Morgan fingerprint density at radius 2 is 1.62 bits per heavy atom. The van der Waals surface area contributed by atoms with Crippen molar-refractivity contribution in [3.05, 3.63) is 36.4 Å². The van der Waals surface area contributed by atoms with E-state index >= 15 is 0 Å². The van der Waals surface area contributed by atoms with Gasteiger partial charge in [0.15, 0.2) is 0 Å². The summed E-state index contributed by atoms with van der Waals surface area (Å²) >= 11 is 0. The average Bonchev–Trinajstić information content (AvgIpc) is 3.67. The van der Waals surface area contributed by atoms with Gasteiger partial charge in [-0.25, -0.2) is 9.97 Å². The van der Waals surface area contributed by atoms with Crippen LogP contribution in [0.15, 0.2) is 24.8 Å². The predicted octanol–water partition coefficient (Wildman–Crippen LogP) is 3.98. The average molecular weight is 556 g/mol. The summed E-state index contributed by atoms with van der Waals surface area (Å²) in [6.07, 6.45) is 16.4. The summed E-state index contributed by atoms with van der Waals surface area (Å²) in [5, 5.41) is 3.54. The van der Waals surface area contributed by atoms with E-state index in [0.29, 0.717) is 18.4 Å². The number of carbonyl (C=O) groups is 1. The summed E-state index contributed by atoms with van der Waals surface area (Å²) in [5.41, 5.74) is 0.580. The first-order valence-electron chi connectivity index (χ1n) is 15.8.